The van der Waals surface area contributed by atoms with Crippen LogP contribution in [0.5, 0.6) is 0 Å². The Balaban J connectivity index is 1.91. The lowest BCUT2D eigenvalue weighted by atomic mass is 10.1. The molecule has 0 aliphatic heterocycles. The summed E-state index contributed by atoms with van der Waals surface area (Å²) in [6.45, 7) is 3.56. The number of aliphatic hydroxyl groups is 1. The van der Waals surface area contributed by atoms with Gasteiger partial charge in [0.05, 0.1) is 11.3 Å². The molecular weight excluding hydrogens is 292 g/mol. The van der Waals surface area contributed by atoms with Crippen LogP contribution in [-0.2, 0) is 0 Å². The van der Waals surface area contributed by atoms with Crippen LogP contribution in [0.25, 0.3) is 5.69 Å². The summed E-state index contributed by atoms with van der Waals surface area (Å²) in [7, 11) is 1.65. The lowest BCUT2D eigenvalue weighted by Crippen LogP contribution is -2.40. The van der Waals surface area contributed by atoms with Gasteiger partial charge in [-0.15, -0.1) is 5.10 Å². The molecule has 1 aromatic carbocycles. The van der Waals surface area contributed by atoms with Crippen molar-refractivity contribution in [3.63, 3.8) is 0 Å². The van der Waals surface area contributed by atoms with E-state index in [1.54, 1.807) is 25.6 Å². The summed E-state index contributed by atoms with van der Waals surface area (Å²) in [6, 6.07) is 9.73. The Morgan fingerprint density at radius 2 is 2.00 bits per heavy atom. The van der Waals surface area contributed by atoms with E-state index in [2.05, 4.69) is 10.1 Å². The first-order chi connectivity index (χ1) is 10.8. The van der Waals surface area contributed by atoms with Crippen molar-refractivity contribution in [3.05, 3.63) is 42.0 Å². The summed E-state index contributed by atoms with van der Waals surface area (Å²) < 4.78 is 1.77. The molecule has 0 unspecified atom stereocenters. The number of hydrogen-bond donors (Lipinski definition) is 1. The highest BCUT2D eigenvalue weighted by molar-refractivity contribution is 5.90. The molecule has 0 radical (unpaired) electrons. The molecule has 1 saturated carbocycles. The Labute approximate surface area is 135 Å². The molecule has 1 amide bonds. The summed E-state index contributed by atoms with van der Waals surface area (Å²) in [5.41, 5.74) is -0.0442. The normalized spacial score (nSPS) is 14.8. The van der Waals surface area contributed by atoms with Crippen molar-refractivity contribution < 1.29 is 9.90 Å². The third-order valence-electron chi connectivity index (χ3n) is 3.74. The fourth-order valence-corrected chi connectivity index (χ4v) is 2.60. The molecule has 0 bridgehead atoms. The van der Waals surface area contributed by atoms with Crippen LogP contribution in [0.3, 0.4) is 0 Å². The molecule has 1 N–H and O–H groups in total. The minimum atomic E-state index is -0.953. The highest BCUT2D eigenvalue weighted by Gasteiger charge is 2.32. The fourth-order valence-electron chi connectivity index (χ4n) is 2.60. The van der Waals surface area contributed by atoms with Crippen LogP contribution in [0, 0.1) is 0 Å². The smallest absolute Gasteiger partial charge is 0.293 e. The first-order valence-electron chi connectivity index (χ1n) is 7.85. The van der Waals surface area contributed by atoms with E-state index in [9.17, 15) is 9.90 Å². The second-order valence-electron chi connectivity index (χ2n) is 6.79. The maximum Gasteiger partial charge on any atom is 0.293 e. The standard InChI is InChI=1S/C17H22N4O2/c1-17(2,23)11-20(3)16(22)14-18-15(12-9-10-12)21(19-14)13-7-5-4-6-8-13/h4-8,12,23H,9-11H2,1-3H3. The molecule has 0 atom stereocenters. The van der Waals surface area contributed by atoms with Crippen molar-refractivity contribution in [2.75, 3.05) is 13.6 Å². The number of carbonyl (C=O) groups excluding carboxylic acids is 1. The van der Waals surface area contributed by atoms with Crippen LogP contribution in [0.15, 0.2) is 30.3 Å². The summed E-state index contributed by atoms with van der Waals surface area (Å²) in [6.07, 6.45) is 2.16. The zero-order valence-electron chi connectivity index (χ0n) is 13.7. The fraction of sp³-hybridized carbons (Fsp3) is 0.471. The molecule has 0 spiro atoms. The van der Waals surface area contributed by atoms with Gasteiger partial charge >= 0.3 is 0 Å². The van der Waals surface area contributed by atoms with Crippen LogP contribution >= 0.6 is 0 Å². The number of nitrogens with zero attached hydrogens (tertiary/aromatic N) is 4. The molecule has 2 aromatic rings. The van der Waals surface area contributed by atoms with Gasteiger partial charge in [0.25, 0.3) is 5.91 Å². The Bertz CT molecular complexity index is 699. The first-order valence-corrected chi connectivity index (χ1v) is 7.85. The van der Waals surface area contributed by atoms with Crippen LogP contribution in [-0.4, -0.2) is 49.9 Å². The van der Waals surface area contributed by atoms with Gasteiger partial charge in [-0.3, -0.25) is 4.79 Å². The SMILES string of the molecule is CN(CC(C)(C)O)C(=O)c1nc(C2CC2)n(-c2ccccc2)n1. The number of hydrogen-bond acceptors (Lipinski definition) is 4. The summed E-state index contributed by atoms with van der Waals surface area (Å²) in [5.74, 6) is 1.13. The molecule has 1 fully saturated rings. The van der Waals surface area contributed by atoms with Gasteiger partial charge in [-0.05, 0) is 38.8 Å². The molecule has 1 aliphatic rings. The summed E-state index contributed by atoms with van der Waals surface area (Å²) >= 11 is 0. The predicted octanol–water partition coefficient (Wildman–Crippen LogP) is 1.99. The molecule has 3 rings (SSSR count). The molecule has 6 nitrogen and oxygen atoms in total. The Hall–Kier alpha value is -2.21. The van der Waals surface area contributed by atoms with E-state index < -0.39 is 5.60 Å². The minimum Gasteiger partial charge on any atom is -0.389 e. The van der Waals surface area contributed by atoms with Gasteiger partial charge < -0.3 is 10.0 Å². The summed E-state index contributed by atoms with van der Waals surface area (Å²) in [4.78, 5) is 18.5. The van der Waals surface area contributed by atoms with Crippen molar-refractivity contribution in [2.45, 2.75) is 38.2 Å². The van der Waals surface area contributed by atoms with Crippen LogP contribution in [0.2, 0.25) is 0 Å². The maximum atomic E-state index is 12.5. The molecule has 23 heavy (non-hydrogen) atoms. The van der Waals surface area contributed by atoms with Gasteiger partial charge in [-0.1, -0.05) is 18.2 Å². The van der Waals surface area contributed by atoms with Gasteiger partial charge in [0, 0.05) is 19.5 Å². The molecule has 1 aliphatic carbocycles. The second kappa shape index (κ2) is 5.77. The second-order valence-corrected chi connectivity index (χ2v) is 6.79. The van der Waals surface area contributed by atoms with E-state index in [1.807, 2.05) is 30.3 Å². The Morgan fingerprint density at radius 1 is 1.35 bits per heavy atom. The molecule has 0 saturated heterocycles. The van der Waals surface area contributed by atoms with E-state index in [4.69, 9.17) is 0 Å². The average molecular weight is 314 g/mol. The van der Waals surface area contributed by atoms with Crippen molar-refractivity contribution in [3.8, 4) is 5.69 Å². The predicted molar refractivity (Wildman–Crippen MR) is 86.6 cm³/mol. The van der Waals surface area contributed by atoms with E-state index in [1.165, 1.54) is 4.90 Å². The maximum absolute atomic E-state index is 12.5. The van der Waals surface area contributed by atoms with Crippen molar-refractivity contribution in [1.82, 2.24) is 19.7 Å². The topological polar surface area (TPSA) is 71.2 Å². The molecule has 122 valence electrons. The number of benzene rings is 1. The third-order valence-corrected chi connectivity index (χ3v) is 3.74. The van der Waals surface area contributed by atoms with E-state index in [0.717, 1.165) is 24.4 Å². The number of carbonyl (C=O) groups is 1. The number of para-hydroxylation sites is 1. The highest BCUT2D eigenvalue weighted by Crippen LogP contribution is 2.39. The van der Waals surface area contributed by atoms with E-state index in [-0.39, 0.29) is 18.3 Å². The lowest BCUT2D eigenvalue weighted by Gasteiger charge is -2.24. The van der Waals surface area contributed by atoms with Crippen LogP contribution in [0.4, 0.5) is 0 Å². The Kier molecular flexibility index (Phi) is 3.93. The van der Waals surface area contributed by atoms with E-state index >= 15 is 0 Å². The van der Waals surface area contributed by atoms with Crippen molar-refractivity contribution >= 4 is 5.91 Å². The number of likely N-dealkylation sites (N-methyl/N-ethyl adjacent to an activating group) is 1. The van der Waals surface area contributed by atoms with E-state index in [0.29, 0.717) is 5.92 Å². The quantitative estimate of drug-likeness (QED) is 0.916. The monoisotopic (exact) mass is 314 g/mol. The van der Waals surface area contributed by atoms with Crippen LogP contribution in [0.1, 0.15) is 49.1 Å². The van der Waals surface area contributed by atoms with Gasteiger partial charge in [-0.2, -0.15) is 0 Å². The van der Waals surface area contributed by atoms with Gasteiger partial charge in [0.1, 0.15) is 5.82 Å². The molecular formula is C17H22N4O2. The Morgan fingerprint density at radius 3 is 2.57 bits per heavy atom. The zero-order chi connectivity index (χ0) is 16.6. The molecule has 6 heteroatoms. The largest absolute Gasteiger partial charge is 0.389 e. The minimum absolute atomic E-state index is 0.183. The van der Waals surface area contributed by atoms with Crippen molar-refractivity contribution in [2.24, 2.45) is 0 Å². The summed E-state index contributed by atoms with van der Waals surface area (Å²) in [5, 5.41) is 14.3. The number of aromatic nitrogens is 3. The lowest BCUT2D eigenvalue weighted by molar-refractivity contribution is 0.0361. The molecule has 1 aromatic heterocycles. The first kappa shape index (κ1) is 15.7. The van der Waals surface area contributed by atoms with Gasteiger partial charge in [-0.25, -0.2) is 9.67 Å². The van der Waals surface area contributed by atoms with Crippen LogP contribution < -0.4 is 0 Å². The number of amides is 1. The third kappa shape index (κ3) is 3.59. The zero-order valence-corrected chi connectivity index (χ0v) is 13.7. The number of rotatable bonds is 5. The van der Waals surface area contributed by atoms with Gasteiger partial charge in [0.15, 0.2) is 0 Å². The highest BCUT2D eigenvalue weighted by atomic mass is 16.3. The van der Waals surface area contributed by atoms with Gasteiger partial charge in [0.2, 0.25) is 5.82 Å². The average Bonchev–Trinajstić information content (AvgIpc) is 3.24. The van der Waals surface area contributed by atoms with Crippen molar-refractivity contribution in [1.29, 1.82) is 0 Å². The molecule has 1 heterocycles.